The first-order valence-electron chi connectivity index (χ1n) is 13.8. The number of carbonyl (C=O) groups excluding carboxylic acids is 2. The smallest absolute Gasteiger partial charge is 0.405 e. The lowest BCUT2D eigenvalue weighted by molar-refractivity contribution is -0.562. The second kappa shape index (κ2) is 15.4. The zero-order chi connectivity index (χ0) is 30.9. The minimum atomic E-state index is -0.918. The largest absolute Gasteiger partial charge is 0.505 e. The number of carbonyl (C=O) groups is 2. The Labute approximate surface area is 242 Å². The van der Waals surface area contributed by atoms with E-state index in [1.807, 2.05) is 33.8 Å². The van der Waals surface area contributed by atoms with Gasteiger partial charge in [0, 0.05) is 30.6 Å². The summed E-state index contributed by atoms with van der Waals surface area (Å²) in [5.74, 6) is -1.45. The molecule has 6 atom stereocenters. The quantitative estimate of drug-likeness (QED) is 0.136. The minimum absolute atomic E-state index is 0.0820. The standard InChI is InChI=1S/C31H45N3O7/c1-8-12-33-26-22-13-17(2)14-25(40-7)27(36)20(5)15-21(6)29(41-31(32)39)18(3)10-9-11-19(4)30(38)34-23(28(22)37)16-24(26)35/h8-11,15-18,20,25,27,29,33,35-37H,1,12-14H2,2-7H3,(H2,32,39)(H,34,38)/p+1/b10-9-,19-11+,21-15+/t17-,18+,20+,25+,27-,29-/m1/s1. The molecular weight excluding hydrogens is 526 g/mol. The van der Waals surface area contributed by atoms with E-state index in [4.69, 9.17) is 15.2 Å². The van der Waals surface area contributed by atoms with Crippen molar-refractivity contribution in [2.24, 2.45) is 23.5 Å². The Morgan fingerprint density at radius 2 is 1.93 bits per heavy atom. The van der Waals surface area contributed by atoms with Crippen molar-refractivity contribution in [3.8, 4) is 11.5 Å². The molecule has 2 rings (SSSR count). The van der Waals surface area contributed by atoms with Crippen LogP contribution >= 0.6 is 0 Å². The van der Waals surface area contributed by atoms with Crippen LogP contribution in [0.5, 0.6) is 11.5 Å². The number of allylic oxidation sites excluding steroid dienone is 2. The molecule has 2 bridgehead atoms. The number of aliphatic hydroxyl groups is 1. The maximum Gasteiger partial charge on any atom is 0.405 e. The molecule has 1 aliphatic rings. The Hall–Kier alpha value is -3.60. The Kier molecular flexibility index (Phi) is 12.6. The van der Waals surface area contributed by atoms with E-state index in [2.05, 4.69) is 11.9 Å². The molecule has 1 aliphatic heterocycles. The van der Waals surface area contributed by atoms with Crippen molar-refractivity contribution in [3.63, 3.8) is 0 Å². The van der Waals surface area contributed by atoms with Gasteiger partial charge < -0.3 is 41.2 Å². The van der Waals surface area contributed by atoms with Crippen LogP contribution in [0.1, 0.15) is 46.6 Å². The monoisotopic (exact) mass is 572 g/mol. The highest BCUT2D eigenvalue weighted by Crippen LogP contribution is 2.40. The third kappa shape index (κ3) is 9.21. The van der Waals surface area contributed by atoms with E-state index in [1.54, 1.807) is 36.5 Å². The molecule has 41 heavy (non-hydrogen) atoms. The zero-order valence-electron chi connectivity index (χ0n) is 24.9. The van der Waals surface area contributed by atoms with E-state index in [1.165, 1.54) is 13.2 Å². The Bertz CT molecular complexity index is 1190. The first-order valence-corrected chi connectivity index (χ1v) is 13.8. The normalized spacial score (nSPS) is 29.8. The van der Waals surface area contributed by atoms with Crippen molar-refractivity contribution in [1.29, 1.82) is 0 Å². The van der Waals surface area contributed by atoms with Crippen LogP contribution in [0.4, 0.5) is 16.2 Å². The van der Waals surface area contributed by atoms with Crippen molar-refractivity contribution in [3.05, 3.63) is 59.7 Å². The van der Waals surface area contributed by atoms with E-state index in [-0.39, 0.29) is 34.9 Å². The highest BCUT2D eigenvalue weighted by molar-refractivity contribution is 6.04. The number of quaternary nitrogens is 1. The molecule has 1 aromatic carbocycles. The number of aromatic hydroxyl groups is 2. The number of fused-ring (bicyclic) bond motifs is 2. The summed E-state index contributed by atoms with van der Waals surface area (Å²) < 4.78 is 11.1. The summed E-state index contributed by atoms with van der Waals surface area (Å²) in [5, 5.41) is 37.8. The molecule has 0 fully saturated rings. The van der Waals surface area contributed by atoms with Crippen molar-refractivity contribution < 1.29 is 39.7 Å². The molecule has 0 saturated heterocycles. The van der Waals surface area contributed by atoms with E-state index in [9.17, 15) is 24.9 Å². The molecule has 2 amide bonds. The first kappa shape index (κ1) is 33.6. The van der Waals surface area contributed by atoms with E-state index in [0.29, 0.717) is 41.8 Å². The fourth-order valence-corrected chi connectivity index (χ4v) is 5.12. The lowest BCUT2D eigenvalue weighted by atomic mass is 9.87. The van der Waals surface area contributed by atoms with Gasteiger partial charge in [-0.15, -0.1) is 0 Å². The van der Waals surface area contributed by atoms with E-state index >= 15 is 0 Å². The predicted molar refractivity (Wildman–Crippen MR) is 159 cm³/mol. The third-order valence-corrected chi connectivity index (χ3v) is 7.38. The molecule has 1 heterocycles. The van der Waals surface area contributed by atoms with Gasteiger partial charge in [0.1, 0.15) is 11.9 Å². The molecular formula is C31H46N3O7+. The number of methoxy groups -OCH3 is 1. The Morgan fingerprint density at radius 3 is 2.54 bits per heavy atom. The number of nitrogens with one attached hydrogen (secondary N) is 1. The van der Waals surface area contributed by atoms with Gasteiger partial charge in [-0.3, -0.25) is 4.79 Å². The lowest BCUT2D eigenvalue weighted by Gasteiger charge is -2.29. The highest BCUT2D eigenvalue weighted by Gasteiger charge is 2.30. The third-order valence-electron chi connectivity index (χ3n) is 7.38. The van der Waals surface area contributed by atoms with Crippen molar-refractivity contribution in [1.82, 2.24) is 0 Å². The molecule has 10 heteroatoms. The van der Waals surface area contributed by atoms with Crippen molar-refractivity contribution >= 4 is 23.4 Å². The van der Waals surface area contributed by atoms with Crippen molar-refractivity contribution in [2.45, 2.75) is 65.8 Å². The fourth-order valence-electron chi connectivity index (χ4n) is 5.12. The van der Waals surface area contributed by atoms with Crippen LogP contribution in [0, 0.1) is 17.8 Å². The van der Waals surface area contributed by atoms with Gasteiger partial charge in [0.25, 0.3) is 5.91 Å². The number of rotatable bonds is 5. The van der Waals surface area contributed by atoms with Gasteiger partial charge >= 0.3 is 6.09 Å². The van der Waals surface area contributed by atoms with Crippen LogP contribution in [0.15, 0.2) is 54.2 Å². The topological polar surface area (TPSA) is 168 Å². The average Bonchev–Trinajstić information content (AvgIpc) is 2.91. The number of aliphatic hydroxyl groups excluding tert-OH is 1. The number of hydrogen-bond donors (Lipinski definition) is 6. The number of phenolic OH excluding ortho intramolecular Hbond substituents is 2. The van der Waals surface area contributed by atoms with Crippen LogP contribution in [0.3, 0.4) is 0 Å². The number of amides is 2. The number of nitrogens with two attached hydrogens (primary N) is 2. The van der Waals surface area contributed by atoms with Gasteiger partial charge in [-0.05, 0) is 44.3 Å². The Morgan fingerprint density at radius 1 is 1.24 bits per heavy atom. The molecule has 0 unspecified atom stereocenters. The number of hydrogen-bond acceptors (Lipinski definition) is 7. The summed E-state index contributed by atoms with van der Waals surface area (Å²) in [6.07, 6.45) is 6.32. The van der Waals surface area contributed by atoms with Gasteiger partial charge in [-0.2, -0.15) is 0 Å². The second-order valence-corrected chi connectivity index (χ2v) is 10.9. The summed E-state index contributed by atoms with van der Waals surface area (Å²) in [6.45, 7) is 13.3. The zero-order valence-corrected chi connectivity index (χ0v) is 24.9. The number of ether oxygens (including phenoxy) is 2. The highest BCUT2D eigenvalue weighted by atomic mass is 16.6. The summed E-state index contributed by atoms with van der Waals surface area (Å²) in [4.78, 5) is 24.6. The van der Waals surface area contributed by atoms with Crippen LogP contribution in [0.2, 0.25) is 0 Å². The fraction of sp³-hybridized carbons (Fsp3) is 0.484. The molecule has 1 aromatic rings. The van der Waals surface area contributed by atoms with Gasteiger partial charge in [-0.25, -0.2) is 4.79 Å². The van der Waals surface area contributed by atoms with Gasteiger partial charge in [0.05, 0.1) is 30.0 Å². The van der Waals surface area contributed by atoms with Crippen molar-refractivity contribution in [2.75, 3.05) is 19.0 Å². The van der Waals surface area contributed by atoms with Crippen LogP contribution in [-0.4, -0.2) is 59.3 Å². The molecule has 8 N–H and O–H groups in total. The van der Waals surface area contributed by atoms with Gasteiger partial charge in [0.2, 0.25) is 0 Å². The molecule has 226 valence electrons. The summed E-state index contributed by atoms with van der Waals surface area (Å²) >= 11 is 0. The maximum absolute atomic E-state index is 13.0. The second-order valence-electron chi connectivity index (χ2n) is 10.9. The molecule has 0 radical (unpaired) electrons. The van der Waals surface area contributed by atoms with E-state index < -0.39 is 30.3 Å². The number of benzene rings is 1. The Balaban J connectivity index is 2.64. The summed E-state index contributed by atoms with van der Waals surface area (Å²) in [7, 11) is 1.53. The molecule has 0 aliphatic carbocycles. The first-order chi connectivity index (χ1) is 19.3. The van der Waals surface area contributed by atoms with Gasteiger partial charge in [-0.1, -0.05) is 51.7 Å². The summed E-state index contributed by atoms with van der Waals surface area (Å²) in [6, 6.07) is 1.33. The number of phenols is 2. The predicted octanol–water partition coefficient (Wildman–Crippen LogP) is 3.56. The number of anilines is 1. The minimum Gasteiger partial charge on any atom is -0.505 e. The van der Waals surface area contributed by atoms with Crippen LogP contribution in [-0.2, 0) is 20.7 Å². The van der Waals surface area contributed by atoms with Crippen LogP contribution in [0.25, 0.3) is 0 Å². The molecule has 0 saturated carbocycles. The van der Waals surface area contributed by atoms with E-state index in [0.717, 1.165) is 0 Å². The average molecular weight is 573 g/mol. The maximum atomic E-state index is 13.0. The molecule has 0 spiro atoms. The lowest BCUT2D eigenvalue weighted by Crippen LogP contribution is -2.78. The van der Waals surface area contributed by atoms with Crippen LogP contribution < -0.4 is 16.4 Å². The SMILES string of the molecule is C=CC[NH2+]c1c(O)cc2c(O)c1C[C@@H](C)C[C@H](OC)[C@H](O)[C@@H](C)/C=C(\C)[C@H](OC(N)=O)[C@@H](C)/C=C\C=C(/C)C(=O)N2. The van der Waals surface area contributed by atoms with Gasteiger partial charge in [0.15, 0.2) is 11.4 Å². The molecule has 10 nitrogen and oxygen atoms in total. The number of primary amides is 1. The molecule has 0 aromatic heterocycles. The summed E-state index contributed by atoms with van der Waals surface area (Å²) in [5.41, 5.74) is 7.43.